The van der Waals surface area contributed by atoms with Crippen LogP contribution >= 0.6 is 0 Å². The van der Waals surface area contributed by atoms with E-state index in [9.17, 15) is 4.79 Å². The van der Waals surface area contributed by atoms with Gasteiger partial charge >= 0.3 is 6.03 Å². The summed E-state index contributed by atoms with van der Waals surface area (Å²) in [7, 11) is 0. The number of carbonyl (C=O) groups is 1. The number of hydrogen-bond acceptors (Lipinski definition) is 2. The van der Waals surface area contributed by atoms with Gasteiger partial charge in [0, 0.05) is 5.71 Å². The van der Waals surface area contributed by atoms with Gasteiger partial charge in [0.2, 0.25) is 0 Å². The molecular formula is C10H21N3O. The van der Waals surface area contributed by atoms with E-state index >= 15 is 0 Å². The molecule has 2 amide bonds. The molecule has 3 N–H and O–H groups in total. The molecule has 0 heterocycles. The lowest BCUT2D eigenvalue weighted by Crippen LogP contribution is -2.26. The fourth-order valence-corrected chi connectivity index (χ4v) is 1.39. The second-order valence-electron chi connectivity index (χ2n) is 3.48. The van der Waals surface area contributed by atoms with Crippen molar-refractivity contribution in [2.45, 2.75) is 46.5 Å². The van der Waals surface area contributed by atoms with Crippen LogP contribution in [0.1, 0.15) is 46.5 Å². The summed E-state index contributed by atoms with van der Waals surface area (Å²) in [5.74, 6) is 0.460. The Kier molecular flexibility index (Phi) is 6.80. The average molecular weight is 199 g/mol. The van der Waals surface area contributed by atoms with E-state index in [1.54, 1.807) is 0 Å². The molecule has 0 unspecified atom stereocenters. The molecule has 0 aliphatic heterocycles. The Bertz CT molecular complexity index is 202. The molecule has 0 fully saturated rings. The maximum atomic E-state index is 10.4. The van der Waals surface area contributed by atoms with E-state index in [0.29, 0.717) is 5.92 Å². The first-order chi connectivity index (χ1) is 6.61. The number of nitrogens with two attached hydrogens (primary N) is 1. The zero-order chi connectivity index (χ0) is 11.0. The van der Waals surface area contributed by atoms with E-state index in [1.165, 1.54) is 12.8 Å². The van der Waals surface area contributed by atoms with E-state index in [1.807, 2.05) is 6.92 Å². The zero-order valence-electron chi connectivity index (χ0n) is 9.34. The van der Waals surface area contributed by atoms with Crippen molar-refractivity contribution in [3.8, 4) is 0 Å². The van der Waals surface area contributed by atoms with Crippen molar-refractivity contribution in [2.24, 2.45) is 16.8 Å². The normalized spacial score (nSPS) is 13.8. The topological polar surface area (TPSA) is 67.5 Å². The number of unbranched alkanes of at least 4 members (excludes halogenated alkanes) is 1. The van der Waals surface area contributed by atoms with Gasteiger partial charge in [0.15, 0.2) is 0 Å². The standard InChI is InChI=1S/C10H21N3O/c1-4-6-7-9(5-2)8(3)12-13-10(11)14/h9H,4-7H2,1-3H3,(H3,11,13,14)/b12-8+/t9-/m1/s1. The highest BCUT2D eigenvalue weighted by Crippen LogP contribution is 2.14. The molecule has 4 heteroatoms. The number of nitrogens with zero attached hydrogens (tertiary/aromatic N) is 1. The number of primary amides is 1. The molecule has 4 nitrogen and oxygen atoms in total. The summed E-state index contributed by atoms with van der Waals surface area (Å²) in [5.41, 5.74) is 8.15. The maximum absolute atomic E-state index is 10.4. The lowest BCUT2D eigenvalue weighted by atomic mass is 9.95. The monoisotopic (exact) mass is 199 g/mol. The largest absolute Gasteiger partial charge is 0.350 e. The molecule has 0 saturated heterocycles. The molecule has 0 rings (SSSR count). The summed E-state index contributed by atoms with van der Waals surface area (Å²) in [6.45, 7) is 6.23. The molecule has 1 atom stereocenters. The summed E-state index contributed by atoms with van der Waals surface area (Å²) in [6.07, 6.45) is 4.56. The average Bonchev–Trinajstić information content (AvgIpc) is 2.16. The fraction of sp³-hybridized carbons (Fsp3) is 0.800. The molecule has 0 radical (unpaired) electrons. The molecule has 0 aromatic rings. The van der Waals surface area contributed by atoms with E-state index < -0.39 is 6.03 Å². The lowest BCUT2D eigenvalue weighted by Gasteiger charge is -2.13. The smallest absolute Gasteiger partial charge is 0.332 e. The second kappa shape index (κ2) is 7.35. The molecule has 0 aliphatic rings. The van der Waals surface area contributed by atoms with E-state index in [2.05, 4.69) is 24.4 Å². The number of urea groups is 1. The highest BCUT2D eigenvalue weighted by molar-refractivity contribution is 5.85. The molecule has 0 bridgehead atoms. The fourth-order valence-electron chi connectivity index (χ4n) is 1.39. The van der Waals surface area contributed by atoms with E-state index in [-0.39, 0.29) is 0 Å². The Morgan fingerprint density at radius 3 is 2.57 bits per heavy atom. The second-order valence-corrected chi connectivity index (χ2v) is 3.48. The molecule has 0 aromatic heterocycles. The highest BCUT2D eigenvalue weighted by Gasteiger charge is 2.09. The first kappa shape index (κ1) is 12.9. The van der Waals surface area contributed by atoms with Crippen molar-refractivity contribution in [3.05, 3.63) is 0 Å². The Hall–Kier alpha value is -1.06. The number of rotatable bonds is 6. The van der Waals surface area contributed by atoms with Gasteiger partial charge in [0.1, 0.15) is 0 Å². The Labute approximate surface area is 85.9 Å². The van der Waals surface area contributed by atoms with E-state index in [4.69, 9.17) is 5.73 Å². The van der Waals surface area contributed by atoms with Crippen LogP contribution in [-0.2, 0) is 0 Å². The van der Waals surface area contributed by atoms with Crippen LogP contribution < -0.4 is 11.2 Å². The zero-order valence-corrected chi connectivity index (χ0v) is 9.34. The van der Waals surface area contributed by atoms with Gasteiger partial charge in [-0.25, -0.2) is 10.2 Å². The van der Waals surface area contributed by atoms with Crippen LogP contribution in [0.4, 0.5) is 4.79 Å². The minimum absolute atomic E-state index is 0.460. The van der Waals surface area contributed by atoms with Crippen LogP contribution in [0, 0.1) is 5.92 Å². The van der Waals surface area contributed by atoms with E-state index in [0.717, 1.165) is 18.6 Å². The number of nitrogens with one attached hydrogen (secondary N) is 1. The quantitative estimate of drug-likeness (QED) is 0.500. The summed E-state index contributed by atoms with van der Waals surface area (Å²) < 4.78 is 0. The third-order valence-electron chi connectivity index (χ3n) is 2.33. The number of carbonyl (C=O) groups excluding carboxylic acids is 1. The Morgan fingerprint density at radius 2 is 2.14 bits per heavy atom. The Balaban J connectivity index is 4.07. The molecular weight excluding hydrogens is 178 g/mol. The lowest BCUT2D eigenvalue weighted by molar-refractivity contribution is 0.249. The summed E-state index contributed by atoms with van der Waals surface area (Å²) in [4.78, 5) is 10.4. The van der Waals surface area contributed by atoms with Gasteiger partial charge in [-0.05, 0) is 25.7 Å². The van der Waals surface area contributed by atoms with Crippen molar-refractivity contribution in [1.82, 2.24) is 5.43 Å². The summed E-state index contributed by atoms with van der Waals surface area (Å²) >= 11 is 0. The van der Waals surface area contributed by atoms with Crippen molar-refractivity contribution in [1.29, 1.82) is 0 Å². The molecule has 0 saturated carbocycles. The summed E-state index contributed by atoms with van der Waals surface area (Å²) in [5, 5.41) is 3.94. The third kappa shape index (κ3) is 5.56. The maximum Gasteiger partial charge on any atom is 0.332 e. The SMILES string of the molecule is CCCC[C@@H](CC)/C(C)=N/NC(N)=O. The number of amides is 2. The van der Waals surface area contributed by atoms with Gasteiger partial charge in [-0.15, -0.1) is 0 Å². The summed E-state index contributed by atoms with van der Waals surface area (Å²) in [6, 6.07) is -0.602. The number of hydrogen-bond donors (Lipinski definition) is 2. The van der Waals surface area contributed by atoms with Crippen molar-refractivity contribution < 1.29 is 4.79 Å². The van der Waals surface area contributed by atoms with Gasteiger partial charge in [0.05, 0.1) is 0 Å². The minimum atomic E-state index is -0.602. The van der Waals surface area contributed by atoms with Crippen LogP contribution in [0.15, 0.2) is 5.10 Å². The van der Waals surface area contributed by atoms with Gasteiger partial charge < -0.3 is 5.73 Å². The van der Waals surface area contributed by atoms with Crippen LogP contribution in [0.2, 0.25) is 0 Å². The highest BCUT2D eigenvalue weighted by atomic mass is 16.2. The van der Waals surface area contributed by atoms with Crippen molar-refractivity contribution in [2.75, 3.05) is 0 Å². The van der Waals surface area contributed by atoms with Crippen LogP contribution in [0.5, 0.6) is 0 Å². The van der Waals surface area contributed by atoms with Gasteiger partial charge in [0.25, 0.3) is 0 Å². The first-order valence-electron chi connectivity index (χ1n) is 5.21. The molecule has 0 aromatic carbocycles. The van der Waals surface area contributed by atoms with Crippen LogP contribution in [0.25, 0.3) is 0 Å². The predicted octanol–water partition coefficient (Wildman–Crippen LogP) is 2.25. The molecule has 82 valence electrons. The van der Waals surface area contributed by atoms with Gasteiger partial charge in [-0.3, -0.25) is 0 Å². The Morgan fingerprint density at radius 1 is 1.50 bits per heavy atom. The van der Waals surface area contributed by atoms with Crippen LogP contribution in [0.3, 0.4) is 0 Å². The third-order valence-corrected chi connectivity index (χ3v) is 2.33. The predicted molar refractivity (Wildman–Crippen MR) is 59.1 cm³/mol. The van der Waals surface area contributed by atoms with Gasteiger partial charge in [-0.1, -0.05) is 26.7 Å². The molecule has 0 spiro atoms. The minimum Gasteiger partial charge on any atom is -0.350 e. The molecule has 14 heavy (non-hydrogen) atoms. The van der Waals surface area contributed by atoms with Crippen molar-refractivity contribution >= 4 is 11.7 Å². The first-order valence-corrected chi connectivity index (χ1v) is 5.21. The molecule has 0 aliphatic carbocycles. The van der Waals surface area contributed by atoms with Gasteiger partial charge in [-0.2, -0.15) is 5.10 Å². The number of hydrazone groups is 1. The van der Waals surface area contributed by atoms with Crippen molar-refractivity contribution in [3.63, 3.8) is 0 Å². The van der Waals surface area contributed by atoms with Crippen LogP contribution in [-0.4, -0.2) is 11.7 Å².